The lowest BCUT2D eigenvalue weighted by atomic mass is 9.91. The van der Waals surface area contributed by atoms with Crippen LogP contribution in [-0.2, 0) is 29.7 Å². The van der Waals surface area contributed by atoms with Crippen molar-refractivity contribution in [1.82, 2.24) is 14.9 Å². The molecule has 4 aromatic carbocycles. The van der Waals surface area contributed by atoms with Crippen LogP contribution < -0.4 is 5.32 Å². The van der Waals surface area contributed by atoms with Crippen molar-refractivity contribution >= 4 is 17.7 Å². The Labute approximate surface area is 289 Å². The van der Waals surface area contributed by atoms with E-state index in [0.29, 0.717) is 11.3 Å². The molecule has 13 heteroatoms. The second kappa shape index (κ2) is 15.1. The van der Waals surface area contributed by atoms with Gasteiger partial charge in [0.2, 0.25) is 5.82 Å². The van der Waals surface area contributed by atoms with Crippen molar-refractivity contribution in [2.24, 2.45) is 13.0 Å². The number of aromatic nitrogens is 2. The number of carbonyl (C=O) groups excluding carboxylic acids is 1. The van der Waals surface area contributed by atoms with Crippen LogP contribution in [0.5, 0.6) is 0 Å². The van der Waals surface area contributed by atoms with Crippen molar-refractivity contribution in [3.63, 3.8) is 0 Å². The van der Waals surface area contributed by atoms with Crippen molar-refractivity contribution in [3.05, 3.63) is 142 Å². The summed E-state index contributed by atoms with van der Waals surface area (Å²) in [4.78, 5) is 16.9. The molecule has 7 nitrogen and oxygen atoms in total. The number of amides is 1. The van der Waals surface area contributed by atoms with Gasteiger partial charge < -0.3 is 24.5 Å². The van der Waals surface area contributed by atoms with Gasteiger partial charge in [-0.1, -0.05) is 79.3 Å². The molecule has 6 rings (SSSR count). The van der Waals surface area contributed by atoms with E-state index >= 15 is 0 Å². The van der Waals surface area contributed by atoms with Crippen LogP contribution in [0.2, 0.25) is 0 Å². The zero-order chi connectivity index (χ0) is 35.5. The SMILES string of the molecule is C[C@@H]1[C@H](CSc2nccn2C)O[C@H](c2cccc(-c3cccc(CNC(=O)c4c(F)c(F)c(F)c(F)c4F)c3)c2)O[C@@H]1c1ccc(CO)cc1. The maximum Gasteiger partial charge on any atom is 0.257 e. The Hall–Kier alpha value is -4.56. The van der Waals surface area contributed by atoms with Gasteiger partial charge in [-0.3, -0.25) is 4.79 Å². The summed E-state index contributed by atoms with van der Waals surface area (Å²) >= 11 is 1.59. The first-order chi connectivity index (χ1) is 24.0. The summed E-state index contributed by atoms with van der Waals surface area (Å²) in [5, 5.41) is 12.6. The standard InChI is InChI=1S/C37H32F5N3O4S/c1-20-27(19-50-37-43-13-14-45(37)2)48-36(49-34(20)23-11-9-21(18-46)10-12-23)26-8-4-7-25(16-26)24-6-3-5-22(15-24)17-44-35(47)28-29(38)31(40)33(42)32(41)30(28)39/h3-16,20,27,34,36,46H,17-19H2,1-2H3,(H,44,47)/t20-,27+,34+,36+/m1/s1. The molecular weight excluding hydrogens is 677 g/mol. The third-order valence-corrected chi connectivity index (χ3v) is 9.73. The van der Waals surface area contributed by atoms with Crippen LogP contribution in [0, 0.1) is 35.0 Å². The number of hydrogen-bond donors (Lipinski definition) is 2. The van der Waals surface area contributed by atoms with E-state index in [1.54, 1.807) is 36.2 Å². The molecule has 0 radical (unpaired) electrons. The van der Waals surface area contributed by atoms with Gasteiger partial charge in [-0.2, -0.15) is 0 Å². The van der Waals surface area contributed by atoms with E-state index in [4.69, 9.17) is 9.47 Å². The molecule has 50 heavy (non-hydrogen) atoms. The Balaban J connectivity index is 1.22. The molecule has 1 aromatic heterocycles. The molecule has 1 amide bonds. The Kier molecular flexibility index (Phi) is 10.7. The van der Waals surface area contributed by atoms with Gasteiger partial charge in [-0.05, 0) is 39.9 Å². The monoisotopic (exact) mass is 709 g/mol. The minimum absolute atomic E-state index is 0.0288. The zero-order valence-corrected chi connectivity index (χ0v) is 27.7. The molecule has 0 bridgehead atoms. The topological polar surface area (TPSA) is 85.6 Å². The van der Waals surface area contributed by atoms with E-state index < -0.39 is 46.8 Å². The molecule has 0 aliphatic carbocycles. The highest BCUT2D eigenvalue weighted by atomic mass is 32.2. The molecule has 0 spiro atoms. The van der Waals surface area contributed by atoms with Gasteiger partial charge in [0, 0.05) is 43.2 Å². The second-order valence-electron chi connectivity index (χ2n) is 11.9. The average Bonchev–Trinajstić information content (AvgIpc) is 3.56. The van der Waals surface area contributed by atoms with Crippen LogP contribution in [0.1, 0.15) is 51.9 Å². The Morgan fingerprint density at radius 1 is 0.860 bits per heavy atom. The fourth-order valence-corrected chi connectivity index (χ4v) is 6.85. The quantitative estimate of drug-likeness (QED) is 0.0667. The molecule has 2 N–H and O–H groups in total. The summed E-state index contributed by atoms with van der Waals surface area (Å²) in [6.45, 7) is 1.77. The predicted molar refractivity (Wildman–Crippen MR) is 176 cm³/mol. The fraction of sp³-hybridized carbons (Fsp3) is 0.243. The molecule has 1 fully saturated rings. The maximum absolute atomic E-state index is 14.2. The largest absolute Gasteiger partial charge is 0.392 e. The number of thioether (sulfide) groups is 1. The summed E-state index contributed by atoms with van der Waals surface area (Å²) in [7, 11) is 1.93. The molecule has 1 saturated heterocycles. The van der Waals surface area contributed by atoms with Crippen molar-refractivity contribution in [2.45, 2.75) is 43.7 Å². The van der Waals surface area contributed by atoms with Crippen LogP contribution in [0.25, 0.3) is 11.1 Å². The van der Waals surface area contributed by atoms with Gasteiger partial charge in [-0.25, -0.2) is 26.9 Å². The Morgan fingerprint density at radius 3 is 2.18 bits per heavy atom. The lowest BCUT2D eigenvalue weighted by molar-refractivity contribution is -0.268. The molecule has 0 saturated carbocycles. The molecule has 0 unspecified atom stereocenters. The van der Waals surface area contributed by atoms with E-state index in [0.717, 1.165) is 33.0 Å². The number of rotatable bonds is 10. The number of halogens is 5. The number of aryl methyl sites for hydroxylation is 1. The summed E-state index contributed by atoms with van der Waals surface area (Å²) < 4.78 is 84.2. The third kappa shape index (κ3) is 7.31. The van der Waals surface area contributed by atoms with Crippen LogP contribution in [0.3, 0.4) is 0 Å². The van der Waals surface area contributed by atoms with Crippen molar-refractivity contribution in [3.8, 4) is 11.1 Å². The van der Waals surface area contributed by atoms with Crippen LogP contribution >= 0.6 is 11.8 Å². The summed E-state index contributed by atoms with van der Waals surface area (Å²) in [5.41, 5.74) is 2.98. The highest BCUT2D eigenvalue weighted by Crippen LogP contribution is 2.43. The summed E-state index contributed by atoms with van der Waals surface area (Å²) in [6, 6.07) is 22.1. The van der Waals surface area contributed by atoms with Gasteiger partial charge in [0.1, 0.15) is 5.56 Å². The Bertz CT molecular complexity index is 1980. The predicted octanol–water partition coefficient (Wildman–Crippen LogP) is 7.79. The lowest BCUT2D eigenvalue weighted by Crippen LogP contribution is -2.38. The number of nitrogens with zero attached hydrogens (tertiary/aromatic N) is 2. The Morgan fingerprint density at radius 2 is 1.52 bits per heavy atom. The van der Waals surface area contributed by atoms with Gasteiger partial charge in [-0.15, -0.1) is 0 Å². The fourth-order valence-electron chi connectivity index (χ4n) is 5.76. The average molecular weight is 710 g/mol. The van der Waals surface area contributed by atoms with Crippen molar-refractivity contribution in [2.75, 3.05) is 5.75 Å². The number of ether oxygens (including phenoxy) is 2. The highest BCUT2D eigenvalue weighted by molar-refractivity contribution is 7.99. The number of imidazole rings is 1. The molecule has 1 aliphatic heterocycles. The second-order valence-corrected chi connectivity index (χ2v) is 12.9. The number of aliphatic hydroxyl groups excluding tert-OH is 1. The van der Waals surface area contributed by atoms with Gasteiger partial charge in [0.25, 0.3) is 5.91 Å². The molecule has 260 valence electrons. The third-order valence-electron chi connectivity index (χ3n) is 8.59. The molecular formula is C37H32F5N3O4S. The van der Waals surface area contributed by atoms with E-state index in [1.807, 2.05) is 72.4 Å². The van der Waals surface area contributed by atoms with Crippen LogP contribution in [0.4, 0.5) is 22.0 Å². The first-order valence-electron chi connectivity index (χ1n) is 15.6. The van der Waals surface area contributed by atoms with E-state index in [9.17, 15) is 31.9 Å². The first-order valence-corrected chi connectivity index (χ1v) is 16.6. The number of nitrogens with one attached hydrogen (secondary N) is 1. The minimum atomic E-state index is -2.34. The van der Waals surface area contributed by atoms with Crippen LogP contribution in [0.15, 0.2) is 90.3 Å². The van der Waals surface area contributed by atoms with Crippen molar-refractivity contribution < 1.29 is 41.3 Å². The van der Waals surface area contributed by atoms with Gasteiger partial charge in [0.15, 0.2) is 34.7 Å². The van der Waals surface area contributed by atoms with Gasteiger partial charge >= 0.3 is 0 Å². The zero-order valence-electron chi connectivity index (χ0n) is 26.9. The number of aliphatic hydroxyl groups is 1. The van der Waals surface area contributed by atoms with Crippen LogP contribution in [-0.4, -0.2) is 32.4 Å². The van der Waals surface area contributed by atoms with Crippen molar-refractivity contribution in [1.29, 1.82) is 0 Å². The lowest BCUT2D eigenvalue weighted by Gasteiger charge is -2.41. The maximum atomic E-state index is 14.2. The normalized spacial score (nSPS) is 19.0. The summed E-state index contributed by atoms with van der Waals surface area (Å²) in [6.07, 6.45) is 2.36. The van der Waals surface area contributed by atoms with Gasteiger partial charge in [0.05, 0.1) is 18.8 Å². The van der Waals surface area contributed by atoms with E-state index in [2.05, 4.69) is 17.2 Å². The van der Waals surface area contributed by atoms with E-state index in [1.165, 1.54) is 0 Å². The number of carbonyl (C=O) groups is 1. The van der Waals surface area contributed by atoms with E-state index in [-0.39, 0.29) is 31.3 Å². The summed E-state index contributed by atoms with van der Waals surface area (Å²) in [5.74, 6) is -12.0. The molecule has 1 aliphatic rings. The molecule has 5 aromatic rings. The minimum Gasteiger partial charge on any atom is -0.392 e. The molecule has 2 heterocycles. The highest BCUT2D eigenvalue weighted by Gasteiger charge is 2.38. The smallest absolute Gasteiger partial charge is 0.257 e. The number of benzene rings is 4. The first kappa shape index (κ1) is 35.3. The number of hydrogen-bond acceptors (Lipinski definition) is 6. The molecule has 4 atom stereocenters.